The summed E-state index contributed by atoms with van der Waals surface area (Å²) < 4.78 is 5.30. The zero-order valence-electron chi connectivity index (χ0n) is 12.3. The topological polar surface area (TPSA) is 72.8 Å². The van der Waals surface area contributed by atoms with Crippen LogP contribution in [-0.2, 0) is 9.63 Å². The number of benzene rings is 1. The van der Waals surface area contributed by atoms with E-state index in [1.807, 2.05) is 24.3 Å². The third-order valence-corrected chi connectivity index (χ3v) is 3.58. The number of carbonyl (C=O) groups is 1. The molecule has 0 aliphatic carbocycles. The van der Waals surface area contributed by atoms with E-state index in [4.69, 9.17) is 21.2 Å². The fraction of sp³-hybridized carbons (Fsp3) is 0.188. The maximum Gasteiger partial charge on any atom is 0.269 e. The second-order valence-electron chi connectivity index (χ2n) is 4.89. The van der Waals surface area contributed by atoms with Crippen molar-refractivity contribution in [3.8, 4) is 5.75 Å². The van der Waals surface area contributed by atoms with Crippen LogP contribution in [0.2, 0.25) is 5.02 Å². The van der Waals surface area contributed by atoms with Crippen molar-refractivity contribution in [2.75, 3.05) is 12.4 Å². The Balaban J connectivity index is 1.66. The van der Waals surface area contributed by atoms with Crippen molar-refractivity contribution in [1.29, 1.82) is 0 Å². The number of anilines is 1. The summed E-state index contributed by atoms with van der Waals surface area (Å²) in [5.74, 6) is 0.789. The van der Waals surface area contributed by atoms with E-state index < -0.39 is 6.10 Å². The van der Waals surface area contributed by atoms with Crippen LogP contribution in [0.4, 0.5) is 5.82 Å². The van der Waals surface area contributed by atoms with Crippen molar-refractivity contribution in [1.82, 2.24) is 4.98 Å². The van der Waals surface area contributed by atoms with Gasteiger partial charge in [-0.25, -0.2) is 4.98 Å². The minimum Gasteiger partial charge on any atom is -0.496 e. The number of amides is 1. The van der Waals surface area contributed by atoms with Crippen molar-refractivity contribution in [2.45, 2.75) is 12.5 Å². The first-order valence-corrected chi connectivity index (χ1v) is 7.33. The van der Waals surface area contributed by atoms with Crippen molar-refractivity contribution < 1.29 is 14.4 Å². The third kappa shape index (κ3) is 3.43. The van der Waals surface area contributed by atoms with Crippen molar-refractivity contribution in [2.24, 2.45) is 5.16 Å². The lowest BCUT2D eigenvalue weighted by Gasteiger charge is -2.09. The molecule has 1 aliphatic rings. The average Bonchev–Trinajstić information content (AvgIpc) is 3.07. The highest BCUT2D eigenvalue weighted by atomic mass is 35.5. The highest BCUT2D eigenvalue weighted by Crippen LogP contribution is 2.25. The van der Waals surface area contributed by atoms with Gasteiger partial charge in [0.05, 0.1) is 17.8 Å². The predicted octanol–water partition coefficient (Wildman–Crippen LogP) is 2.88. The molecule has 1 aromatic carbocycles. The molecule has 7 heteroatoms. The van der Waals surface area contributed by atoms with Crippen LogP contribution in [0.15, 0.2) is 47.8 Å². The SMILES string of the molecule is COc1ccccc1C1=NO[C@@H](C(=O)Nc2ccc(Cl)cn2)C1. The highest BCUT2D eigenvalue weighted by Gasteiger charge is 2.30. The average molecular weight is 332 g/mol. The first kappa shape index (κ1) is 15.3. The maximum atomic E-state index is 12.2. The van der Waals surface area contributed by atoms with E-state index in [-0.39, 0.29) is 5.91 Å². The minimum absolute atomic E-state index is 0.312. The molecule has 2 aromatic rings. The van der Waals surface area contributed by atoms with E-state index in [0.29, 0.717) is 28.7 Å². The highest BCUT2D eigenvalue weighted by molar-refractivity contribution is 6.30. The summed E-state index contributed by atoms with van der Waals surface area (Å²) in [4.78, 5) is 21.5. The number of rotatable bonds is 4. The molecular weight excluding hydrogens is 318 g/mol. The molecule has 0 radical (unpaired) electrons. The first-order chi connectivity index (χ1) is 11.2. The summed E-state index contributed by atoms with van der Waals surface area (Å²) >= 11 is 5.76. The molecule has 0 fully saturated rings. The summed E-state index contributed by atoms with van der Waals surface area (Å²) in [5, 5.41) is 7.18. The Morgan fingerprint density at radius 2 is 2.17 bits per heavy atom. The van der Waals surface area contributed by atoms with Crippen LogP contribution in [0.5, 0.6) is 5.75 Å². The number of halogens is 1. The van der Waals surface area contributed by atoms with Gasteiger partial charge in [-0.3, -0.25) is 4.79 Å². The van der Waals surface area contributed by atoms with Crippen molar-refractivity contribution in [3.05, 3.63) is 53.2 Å². The fourth-order valence-corrected chi connectivity index (χ4v) is 2.33. The first-order valence-electron chi connectivity index (χ1n) is 6.96. The van der Waals surface area contributed by atoms with Gasteiger partial charge in [-0.1, -0.05) is 28.9 Å². The number of nitrogens with zero attached hydrogens (tertiary/aromatic N) is 2. The zero-order valence-corrected chi connectivity index (χ0v) is 13.1. The van der Waals surface area contributed by atoms with Gasteiger partial charge in [-0.05, 0) is 24.3 Å². The minimum atomic E-state index is -0.701. The normalized spacial score (nSPS) is 16.4. The second kappa shape index (κ2) is 6.66. The van der Waals surface area contributed by atoms with Crippen LogP contribution in [-0.4, -0.2) is 29.8 Å². The number of hydrogen-bond acceptors (Lipinski definition) is 5. The number of nitrogens with one attached hydrogen (secondary N) is 1. The van der Waals surface area contributed by atoms with Crippen LogP contribution >= 0.6 is 11.6 Å². The number of oxime groups is 1. The number of hydrogen-bond donors (Lipinski definition) is 1. The third-order valence-electron chi connectivity index (χ3n) is 3.36. The lowest BCUT2D eigenvalue weighted by Crippen LogP contribution is -2.28. The molecule has 1 aliphatic heterocycles. The zero-order chi connectivity index (χ0) is 16.2. The van der Waals surface area contributed by atoms with Gasteiger partial charge in [-0.2, -0.15) is 0 Å². The van der Waals surface area contributed by atoms with Crippen LogP contribution in [0, 0.1) is 0 Å². The summed E-state index contributed by atoms with van der Waals surface area (Å²) in [7, 11) is 1.59. The van der Waals surface area contributed by atoms with E-state index in [0.717, 1.165) is 5.56 Å². The van der Waals surface area contributed by atoms with E-state index in [1.165, 1.54) is 6.20 Å². The number of para-hydroxylation sites is 1. The predicted molar refractivity (Wildman–Crippen MR) is 86.9 cm³/mol. The molecule has 0 saturated heterocycles. The number of methoxy groups -OCH3 is 1. The molecule has 0 bridgehead atoms. The Morgan fingerprint density at radius 1 is 1.35 bits per heavy atom. The smallest absolute Gasteiger partial charge is 0.269 e. The Labute approximate surface area is 138 Å². The standard InChI is InChI=1S/C16H14ClN3O3/c1-22-13-5-3-2-4-11(13)12-8-14(23-20-12)16(21)19-15-7-6-10(17)9-18-15/h2-7,9,14H,8H2,1H3,(H,18,19,21)/t14-/m1/s1. The van der Waals surface area contributed by atoms with Crippen LogP contribution < -0.4 is 10.1 Å². The molecule has 23 heavy (non-hydrogen) atoms. The lowest BCUT2D eigenvalue weighted by molar-refractivity contribution is -0.125. The van der Waals surface area contributed by atoms with Gasteiger partial charge in [0.1, 0.15) is 11.6 Å². The monoisotopic (exact) mass is 331 g/mol. The second-order valence-corrected chi connectivity index (χ2v) is 5.32. The van der Waals surface area contributed by atoms with Gasteiger partial charge in [0.2, 0.25) is 6.10 Å². The van der Waals surface area contributed by atoms with Gasteiger partial charge < -0.3 is 14.9 Å². The number of pyridine rings is 1. The molecule has 1 N–H and O–H groups in total. The van der Waals surface area contributed by atoms with Crippen LogP contribution in [0.3, 0.4) is 0 Å². The molecule has 0 unspecified atom stereocenters. The van der Waals surface area contributed by atoms with Crippen LogP contribution in [0.25, 0.3) is 0 Å². The van der Waals surface area contributed by atoms with E-state index in [1.54, 1.807) is 19.2 Å². The van der Waals surface area contributed by atoms with Crippen molar-refractivity contribution in [3.63, 3.8) is 0 Å². The molecule has 3 rings (SSSR count). The molecular formula is C16H14ClN3O3. The molecule has 1 atom stereocenters. The largest absolute Gasteiger partial charge is 0.496 e. The van der Waals surface area contributed by atoms with E-state index in [2.05, 4.69) is 15.5 Å². The Morgan fingerprint density at radius 3 is 2.91 bits per heavy atom. The summed E-state index contributed by atoms with van der Waals surface area (Å²) in [5.41, 5.74) is 1.49. The van der Waals surface area contributed by atoms with Gasteiger partial charge in [0.25, 0.3) is 5.91 Å². The molecule has 2 heterocycles. The van der Waals surface area contributed by atoms with Crippen molar-refractivity contribution >= 4 is 29.0 Å². The van der Waals surface area contributed by atoms with Gasteiger partial charge in [0, 0.05) is 18.2 Å². The molecule has 6 nitrogen and oxygen atoms in total. The number of carbonyl (C=O) groups excluding carboxylic acids is 1. The maximum absolute atomic E-state index is 12.2. The molecule has 118 valence electrons. The summed E-state index contributed by atoms with van der Waals surface area (Å²) in [6, 6.07) is 10.7. The van der Waals surface area contributed by atoms with Gasteiger partial charge in [0.15, 0.2) is 0 Å². The molecule has 1 aromatic heterocycles. The lowest BCUT2D eigenvalue weighted by atomic mass is 10.0. The van der Waals surface area contributed by atoms with Crippen LogP contribution in [0.1, 0.15) is 12.0 Å². The number of ether oxygens (including phenoxy) is 1. The Hall–Kier alpha value is -2.60. The van der Waals surface area contributed by atoms with E-state index in [9.17, 15) is 4.79 Å². The van der Waals surface area contributed by atoms with E-state index >= 15 is 0 Å². The fourth-order valence-electron chi connectivity index (χ4n) is 2.22. The molecule has 0 spiro atoms. The molecule has 1 amide bonds. The Kier molecular flexibility index (Phi) is 4.43. The Bertz CT molecular complexity index is 746. The van der Waals surface area contributed by atoms with Gasteiger partial charge >= 0.3 is 0 Å². The molecule has 0 saturated carbocycles. The quantitative estimate of drug-likeness (QED) is 0.935. The number of aromatic nitrogens is 1. The summed E-state index contributed by atoms with van der Waals surface area (Å²) in [6.45, 7) is 0. The summed E-state index contributed by atoms with van der Waals surface area (Å²) in [6.07, 6.45) is 1.12. The van der Waals surface area contributed by atoms with Gasteiger partial charge in [-0.15, -0.1) is 0 Å².